The molecule has 1 aromatic carbocycles. The number of ketones is 1. The third kappa shape index (κ3) is 3.94. The van der Waals surface area contributed by atoms with Crippen molar-refractivity contribution in [3.05, 3.63) is 23.8 Å². The van der Waals surface area contributed by atoms with Gasteiger partial charge in [0.1, 0.15) is 19.3 Å². The Morgan fingerprint density at radius 2 is 1.74 bits per heavy atom. The molecule has 2 saturated heterocycles. The molecule has 0 N–H and O–H groups in total. The molecule has 0 spiro atoms. The van der Waals surface area contributed by atoms with Gasteiger partial charge in [-0.1, -0.05) is 0 Å². The predicted molar refractivity (Wildman–Crippen MR) is 98.3 cm³/mol. The van der Waals surface area contributed by atoms with Crippen molar-refractivity contribution in [2.45, 2.75) is 18.9 Å². The van der Waals surface area contributed by atoms with Crippen LogP contribution < -0.4 is 9.47 Å². The van der Waals surface area contributed by atoms with E-state index in [4.69, 9.17) is 14.2 Å². The number of piperidine rings is 1. The maximum Gasteiger partial charge on any atom is 0.253 e. The Morgan fingerprint density at radius 1 is 1.00 bits per heavy atom. The minimum absolute atomic E-state index is 0.0479. The summed E-state index contributed by atoms with van der Waals surface area (Å²) in [5.41, 5.74) is 0.654. The van der Waals surface area contributed by atoms with Crippen LogP contribution in [-0.2, 0) is 9.53 Å². The highest BCUT2D eigenvalue weighted by atomic mass is 16.6. The fourth-order valence-corrected chi connectivity index (χ4v) is 3.93. The molecule has 0 saturated carbocycles. The third-order valence-corrected chi connectivity index (χ3v) is 5.55. The van der Waals surface area contributed by atoms with Gasteiger partial charge in [0, 0.05) is 37.7 Å². The molecule has 0 radical (unpaired) electrons. The Balaban J connectivity index is 1.35. The second-order valence-corrected chi connectivity index (χ2v) is 7.44. The van der Waals surface area contributed by atoms with Crippen LogP contribution in [0.5, 0.6) is 11.5 Å². The molecule has 146 valence electrons. The van der Waals surface area contributed by atoms with Crippen molar-refractivity contribution in [3.63, 3.8) is 0 Å². The van der Waals surface area contributed by atoms with Gasteiger partial charge in [-0.25, -0.2) is 0 Å². The first kappa shape index (κ1) is 18.3. The summed E-state index contributed by atoms with van der Waals surface area (Å²) in [6, 6.07) is 5.39. The van der Waals surface area contributed by atoms with Crippen LogP contribution in [0, 0.1) is 5.92 Å². The largest absolute Gasteiger partial charge is 0.486 e. The number of ether oxygens (including phenoxy) is 3. The molecule has 2 fully saturated rings. The second kappa shape index (κ2) is 7.86. The number of rotatable bonds is 3. The zero-order valence-electron chi connectivity index (χ0n) is 15.7. The third-order valence-electron chi connectivity index (χ3n) is 5.55. The molecule has 0 aliphatic carbocycles. The van der Waals surface area contributed by atoms with E-state index in [-0.39, 0.29) is 23.7 Å². The number of likely N-dealkylation sites (tertiary alicyclic amines) is 1. The van der Waals surface area contributed by atoms with E-state index in [0.29, 0.717) is 69.4 Å². The summed E-state index contributed by atoms with van der Waals surface area (Å²) in [5, 5.41) is 0. The van der Waals surface area contributed by atoms with Gasteiger partial charge in [0.25, 0.3) is 5.91 Å². The van der Waals surface area contributed by atoms with E-state index in [1.807, 2.05) is 11.9 Å². The molecule has 4 rings (SSSR count). The van der Waals surface area contributed by atoms with Gasteiger partial charge < -0.3 is 24.0 Å². The average molecular weight is 374 g/mol. The molecule has 0 bridgehead atoms. The number of hydrogen-bond acceptors (Lipinski definition) is 6. The number of Topliss-reactive ketones (excluding diaryl/α,β-unsaturated/α-hetero) is 1. The first-order valence-electron chi connectivity index (χ1n) is 9.64. The van der Waals surface area contributed by atoms with Crippen LogP contribution in [0.25, 0.3) is 0 Å². The Kier molecular flexibility index (Phi) is 5.31. The van der Waals surface area contributed by atoms with Crippen LogP contribution in [0.4, 0.5) is 0 Å². The molecule has 1 atom stereocenters. The highest BCUT2D eigenvalue weighted by Gasteiger charge is 2.33. The Morgan fingerprint density at radius 3 is 2.48 bits per heavy atom. The van der Waals surface area contributed by atoms with Gasteiger partial charge in [0.2, 0.25) is 0 Å². The van der Waals surface area contributed by atoms with Gasteiger partial charge in [-0.15, -0.1) is 0 Å². The van der Waals surface area contributed by atoms with Crippen LogP contribution >= 0.6 is 0 Å². The summed E-state index contributed by atoms with van der Waals surface area (Å²) in [5.74, 6) is 1.43. The van der Waals surface area contributed by atoms with Crippen molar-refractivity contribution < 1.29 is 23.8 Å². The Bertz CT molecular complexity index is 714. The summed E-state index contributed by atoms with van der Waals surface area (Å²) >= 11 is 0. The maximum absolute atomic E-state index is 12.9. The smallest absolute Gasteiger partial charge is 0.253 e. The van der Waals surface area contributed by atoms with E-state index in [0.717, 1.165) is 6.54 Å². The highest BCUT2D eigenvalue weighted by Crippen LogP contribution is 2.32. The quantitative estimate of drug-likeness (QED) is 0.741. The number of hydrogen-bond donors (Lipinski definition) is 0. The molecular weight excluding hydrogens is 348 g/mol. The van der Waals surface area contributed by atoms with E-state index >= 15 is 0 Å². The number of carbonyl (C=O) groups excluding carboxylic acids is 2. The van der Waals surface area contributed by atoms with Gasteiger partial charge in [-0.3, -0.25) is 9.59 Å². The SMILES string of the molecule is CN1CCOC(C(=O)N2CCC(C(=O)c3ccc4c(c3)OCCO4)CC2)C1. The van der Waals surface area contributed by atoms with Crippen LogP contribution in [0.15, 0.2) is 18.2 Å². The van der Waals surface area contributed by atoms with Crippen molar-refractivity contribution in [1.29, 1.82) is 0 Å². The van der Waals surface area contributed by atoms with Gasteiger partial charge in [-0.05, 0) is 38.1 Å². The van der Waals surface area contributed by atoms with E-state index in [1.165, 1.54) is 0 Å². The molecule has 1 aromatic rings. The van der Waals surface area contributed by atoms with Gasteiger partial charge in [0.15, 0.2) is 17.3 Å². The minimum atomic E-state index is -0.381. The first-order chi connectivity index (χ1) is 13.1. The maximum atomic E-state index is 12.9. The molecular formula is C20H26N2O5. The molecule has 27 heavy (non-hydrogen) atoms. The second-order valence-electron chi connectivity index (χ2n) is 7.44. The topological polar surface area (TPSA) is 68.3 Å². The van der Waals surface area contributed by atoms with Crippen molar-refractivity contribution in [2.24, 2.45) is 5.92 Å². The number of likely N-dealkylation sites (N-methyl/N-ethyl adjacent to an activating group) is 1. The van der Waals surface area contributed by atoms with Gasteiger partial charge in [-0.2, -0.15) is 0 Å². The molecule has 1 amide bonds. The fraction of sp³-hybridized carbons (Fsp3) is 0.600. The number of nitrogens with zero attached hydrogens (tertiary/aromatic N) is 2. The number of carbonyl (C=O) groups is 2. The molecule has 7 heteroatoms. The molecule has 0 aromatic heterocycles. The number of fused-ring (bicyclic) bond motifs is 1. The van der Waals surface area contributed by atoms with Crippen molar-refractivity contribution in [1.82, 2.24) is 9.80 Å². The van der Waals surface area contributed by atoms with Crippen molar-refractivity contribution in [2.75, 3.05) is 53.0 Å². The molecule has 3 heterocycles. The van der Waals surface area contributed by atoms with E-state index in [1.54, 1.807) is 18.2 Å². The summed E-state index contributed by atoms with van der Waals surface area (Å²) in [7, 11) is 2.00. The summed E-state index contributed by atoms with van der Waals surface area (Å²) < 4.78 is 16.7. The van der Waals surface area contributed by atoms with Gasteiger partial charge in [0.05, 0.1) is 6.61 Å². The lowest BCUT2D eigenvalue weighted by atomic mass is 9.88. The van der Waals surface area contributed by atoms with Crippen LogP contribution in [0.2, 0.25) is 0 Å². The number of amides is 1. The summed E-state index contributed by atoms with van der Waals surface area (Å²) in [4.78, 5) is 29.5. The van der Waals surface area contributed by atoms with Crippen LogP contribution in [-0.4, -0.2) is 80.6 Å². The lowest BCUT2D eigenvalue weighted by molar-refractivity contribution is -0.150. The Hall–Kier alpha value is -2.12. The summed E-state index contributed by atoms with van der Waals surface area (Å²) in [6.45, 7) is 4.32. The predicted octanol–water partition coefficient (Wildman–Crippen LogP) is 1.21. The van der Waals surface area contributed by atoms with Gasteiger partial charge >= 0.3 is 0 Å². The van der Waals surface area contributed by atoms with Crippen LogP contribution in [0.3, 0.4) is 0 Å². The molecule has 3 aliphatic rings. The highest BCUT2D eigenvalue weighted by molar-refractivity contribution is 5.98. The van der Waals surface area contributed by atoms with E-state index in [2.05, 4.69) is 4.90 Å². The number of benzene rings is 1. The average Bonchev–Trinajstić information content (AvgIpc) is 2.72. The summed E-state index contributed by atoms with van der Waals surface area (Å²) in [6.07, 6.45) is 0.983. The zero-order chi connectivity index (χ0) is 18.8. The first-order valence-corrected chi connectivity index (χ1v) is 9.64. The molecule has 7 nitrogen and oxygen atoms in total. The molecule has 3 aliphatic heterocycles. The molecule has 1 unspecified atom stereocenters. The van der Waals surface area contributed by atoms with E-state index in [9.17, 15) is 9.59 Å². The van der Waals surface area contributed by atoms with Crippen molar-refractivity contribution >= 4 is 11.7 Å². The standard InChI is InChI=1S/C20H26N2O5/c1-21-8-9-25-18(13-21)20(24)22-6-4-14(5-7-22)19(23)15-2-3-16-17(12-15)27-11-10-26-16/h2-3,12,14,18H,4-11,13H2,1H3. The normalized spacial score (nSPS) is 23.9. The lowest BCUT2D eigenvalue weighted by Crippen LogP contribution is -2.52. The minimum Gasteiger partial charge on any atom is -0.486 e. The zero-order valence-corrected chi connectivity index (χ0v) is 15.7. The van der Waals surface area contributed by atoms with E-state index < -0.39 is 0 Å². The Labute approximate surface area is 159 Å². The fourth-order valence-electron chi connectivity index (χ4n) is 3.93. The van der Waals surface area contributed by atoms with Crippen molar-refractivity contribution in [3.8, 4) is 11.5 Å². The monoisotopic (exact) mass is 374 g/mol. The lowest BCUT2D eigenvalue weighted by Gasteiger charge is -2.36. The number of morpholine rings is 1. The van der Waals surface area contributed by atoms with Crippen LogP contribution in [0.1, 0.15) is 23.2 Å².